The van der Waals surface area contributed by atoms with E-state index in [2.05, 4.69) is 10.9 Å². The average molecular weight is 410 g/mol. The van der Waals surface area contributed by atoms with E-state index in [0.717, 1.165) is 6.07 Å². The number of phenols is 1. The smallest absolute Gasteiger partial charge is 0.295 e. The third-order valence-corrected chi connectivity index (χ3v) is 5.42. The molecule has 3 aromatic carbocycles. The monoisotopic (exact) mass is 410 g/mol. The lowest BCUT2D eigenvalue weighted by molar-refractivity contribution is 0.478. The van der Waals surface area contributed by atoms with Gasteiger partial charge >= 0.3 is 0 Å². The van der Waals surface area contributed by atoms with Gasteiger partial charge in [-0.1, -0.05) is 24.3 Å². The Morgan fingerprint density at radius 2 is 1.44 bits per heavy atom. The van der Waals surface area contributed by atoms with Gasteiger partial charge in [-0.15, -0.1) is 0 Å². The molecule has 0 spiro atoms. The molecular weight excluding hydrogens is 396 g/mol. The normalized spacial score (nSPS) is 12.1. The lowest BCUT2D eigenvalue weighted by Gasteiger charge is -2.16. The first-order valence-corrected chi connectivity index (χ1v) is 10.3. The topological polar surface area (TPSA) is 153 Å². The van der Waals surface area contributed by atoms with E-state index in [1.54, 1.807) is 30.3 Å². The van der Waals surface area contributed by atoms with Gasteiger partial charge in [0, 0.05) is 5.39 Å². The molecule has 0 aliphatic heterocycles. The van der Waals surface area contributed by atoms with Gasteiger partial charge in [0.15, 0.2) is 0 Å². The minimum atomic E-state index is -4.89. The molecule has 27 heavy (non-hydrogen) atoms. The van der Waals surface area contributed by atoms with Crippen LogP contribution in [-0.4, -0.2) is 31.0 Å². The van der Waals surface area contributed by atoms with E-state index in [4.69, 9.17) is 0 Å². The van der Waals surface area contributed by atoms with Crippen molar-refractivity contribution in [3.05, 3.63) is 54.6 Å². The molecule has 0 atom stereocenters. The zero-order valence-electron chi connectivity index (χ0n) is 13.5. The van der Waals surface area contributed by atoms with Crippen LogP contribution >= 0.6 is 0 Å². The summed E-state index contributed by atoms with van der Waals surface area (Å²) in [5.41, 5.74) is 5.91. The van der Waals surface area contributed by atoms with Crippen LogP contribution in [0.1, 0.15) is 0 Å². The minimum Gasteiger partial charge on any atom is -0.506 e. The maximum atomic E-state index is 11.8. The number of benzene rings is 3. The molecule has 0 aliphatic rings. The van der Waals surface area contributed by atoms with E-state index >= 15 is 0 Å². The number of para-hydroxylation sites is 1. The largest absolute Gasteiger partial charge is 0.506 e. The van der Waals surface area contributed by atoms with E-state index in [9.17, 15) is 31.0 Å². The molecule has 0 saturated carbocycles. The first-order chi connectivity index (χ1) is 12.6. The summed E-state index contributed by atoms with van der Waals surface area (Å²) in [6, 6.07) is 12.8. The molecule has 0 aliphatic carbocycles. The summed E-state index contributed by atoms with van der Waals surface area (Å²) in [5, 5.41) is 10.0. The number of nitrogens with one attached hydrogen (secondary N) is 2. The van der Waals surface area contributed by atoms with Gasteiger partial charge in [0.25, 0.3) is 20.2 Å². The zero-order chi connectivity index (χ0) is 19.8. The Morgan fingerprint density at radius 3 is 2.04 bits per heavy atom. The molecule has 0 saturated heterocycles. The Bertz CT molecular complexity index is 1220. The molecule has 11 heteroatoms. The van der Waals surface area contributed by atoms with Gasteiger partial charge in [0.05, 0.1) is 10.6 Å². The third kappa shape index (κ3) is 3.95. The van der Waals surface area contributed by atoms with E-state index in [1.807, 2.05) is 0 Å². The molecule has 0 bridgehead atoms. The highest BCUT2D eigenvalue weighted by Gasteiger charge is 2.23. The molecular formula is C16H14N2O7S2. The molecule has 0 unspecified atom stereocenters. The van der Waals surface area contributed by atoms with Gasteiger partial charge in [-0.05, 0) is 35.7 Å². The van der Waals surface area contributed by atoms with Crippen LogP contribution in [0.2, 0.25) is 0 Å². The number of aromatic hydroxyl groups is 1. The zero-order valence-corrected chi connectivity index (χ0v) is 15.1. The van der Waals surface area contributed by atoms with Gasteiger partial charge in [0.2, 0.25) is 0 Å². The van der Waals surface area contributed by atoms with E-state index in [0.29, 0.717) is 11.8 Å². The summed E-state index contributed by atoms with van der Waals surface area (Å²) in [6.45, 7) is 0. The predicted molar refractivity (Wildman–Crippen MR) is 98.9 cm³/mol. The second-order valence-electron chi connectivity index (χ2n) is 5.55. The predicted octanol–water partition coefficient (Wildman–Crippen LogP) is 2.48. The molecule has 0 aromatic heterocycles. The Labute approximate surface area is 154 Å². The number of hydrogen-bond donors (Lipinski definition) is 5. The summed E-state index contributed by atoms with van der Waals surface area (Å²) < 4.78 is 65.2. The molecule has 142 valence electrons. The summed E-state index contributed by atoms with van der Waals surface area (Å²) in [5.74, 6) is -0.351. The SMILES string of the molecule is O=S(=O)(O)c1cc(S(=O)(=O)O)c2c(NNc3ccccc3)c(O)ccc2c1. The van der Waals surface area contributed by atoms with Crippen LogP contribution in [0.25, 0.3) is 10.8 Å². The molecule has 0 heterocycles. The van der Waals surface area contributed by atoms with Crippen molar-refractivity contribution in [3.63, 3.8) is 0 Å². The summed E-state index contributed by atoms with van der Waals surface area (Å²) in [7, 11) is -9.62. The Morgan fingerprint density at radius 1 is 0.778 bits per heavy atom. The summed E-state index contributed by atoms with van der Waals surface area (Å²) in [6.07, 6.45) is 0. The number of fused-ring (bicyclic) bond motifs is 1. The Balaban J connectivity index is 2.26. The standard InChI is InChI=1S/C16H14N2O7S2/c19-13-7-6-10-8-12(26(20,21)22)9-14(27(23,24)25)15(10)16(13)18-17-11-4-2-1-3-5-11/h1-9,17-19H,(H,20,21,22)(H,23,24,25). The second kappa shape index (κ2) is 6.70. The highest BCUT2D eigenvalue weighted by molar-refractivity contribution is 7.86. The van der Waals surface area contributed by atoms with Crippen molar-refractivity contribution < 1.29 is 31.0 Å². The van der Waals surface area contributed by atoms with Gasteiger partial charge < -0.3 is 10.5 Å². The summed E-state index contributed by atoms with van der Waals surface area (Å²) in [4.78, 5) is -1.50. The fourth-order valence-electron chi connectivity index (χ4n) is 2.52. The second-order valence-corrected chi connectivity index (χ2v) is 8.36. The molecule has 9 nitrogen and oxygen atoms in total. The molecule has 0 radical (unpaired) electrons. The van der Waals surface area contributed by atoms with Crippen molar-refractivity contribution in [2.24, 2.45) is 0 Å². The van der Waals surface area contributed by atoms with Gasteiger partial charge in [0.1, 0.15) is 16.3 Å². The number of anilines is 2. The van der Waals surface area contributed by atoms with Crippen LogP contribution in [0, 0.1) is 0 Å². The lowest BCUT2D eigenvalue weighted by Crippen LogP contribution is -2.11. The quantitative estimate of drug-likeness (QED) is 0.242. The minimum absolute atomic E-state index is 0.0490. The number of hydrogen-bond acceptors (Lipinski definition) is 7. The summed E-state index contributed by atoms with van der Waals surface area (Å²) >= 11 is 0. The fraction of sp³-hybridized carbons (Fsp3) is 0. The van der Waals surface area contributed by atoms with Crippen LogP contribution in [0.3, 0.4) is 0 Å². The first kappa shape index (κ1) is 18.9. The van der Waals surface area contributed by atoms with E-state index in [1.165, 1.54) is 12.1 Å². The van der Waals surface area contributed by atoms with Gasteiger partial charge in [-0.25, -0.2) is 0 Å². The van der Waals surface area contributed by atoms with Crippen molar-refractivity contribution in [1.82, 2.24) is 0 Å². The van der Waals surface area contributed by atoms with Gasteiger partial charge in [-0.2, -0.15) is 16.8 Å². The molecule has 0 fully saturated rings. The number of hydrazine groups is 1. The number of rotatable bonds is 5. The molecule has 0 amide bonds. The third-order valence-electron chi connectivity index (χ3n) is 3.71. The van der Waals surface area contributed by atoms with E-state index < -0.39 is 30.0 Å². The van der Waals surface area contributed by atoms with Crippen molar-refractivity contribution in [1.29, 1.82) is 0 Å². The van der Waals surface area contributed by atoms with Crippen molar-refractivity contribution in [2.75, 3.05) is 10.9 Å². The van der Waals surface area contributed by atoms with Crippen molar-refractivity contribution in [3.8, 4) is 5.75 Å². The maximum absolute atomic E-state index is 11.8. The van der Waals surface area contributed by atoms with Crippen LogP contribution in [0.5, 0.6) is 5.75 Å². The van der Waals surface area contributed by atoms with Crippen molar-refractivity contribution in [2.45, 2.75) is 9.79 Å². The lowest BCUT2D eigenvalue weighted by atomic mass is 10.1. The van der Waals surface area contributed by atoms with Gasteiger partial charge in [-0.3, -0.25) is 14.5 Å². The molecule has 5 N–H and O–H groups in total. The average Bonchev–Trinajstić information content (AvgIpc) is 2.59. The van der Waals surface area contributed by atoms with Crippen LogP contribution in [0.4, 0.5) is 11.4 Å². The van der Waals surface area contributed by atoms with E-state index in [-0.39, 0.29) is 22.2 Å². The number of phenolic OH excluding ortho intramolecular Hbond substituents is 1. The molecule has 3 rings (SSSR count). The highest BCUT2D eigenvalue weighted by Crippen LogP contribution is 2.38. The Hall–Kier alpha value is -2.86. The van der Waals surface area contributed by atoms with Crippen molar-refractivity contribution >= 4 is 42.4 Å². The Kier molecular flexibility index (Phi) is 4.70. The molecule has 3 aromatic rings. The maximum Gasteiger partial charge on any atom is 0.295 e. The van der Waals surface area contributed by atoms with Crippen LogP contribution in [0.15, 0.2) is 64.4 Å². The van der Waals surface area contributed by atoms with Crippen LogP contribution in [-0.2, 0) is 20.2 Å². The highest BCUT2D eigenvalue weighted by atomic mass is 32.2. The first-order valence-electron chi connectivity index (χ1n) is 7.39. The fourth-order valence-corrected chi connectivity index (χ4v) is 3.90. The van der Waals surface area contributed by atoms with Crippen LogP contribution < -0.4 is 10.9 Å².